The van der Waals surface area contributed by atoms with Crippen LogP contribution in [-0.4, -0.2) is 220 Å². The van der Waals surface area contributed by atoms with Crippen LogP contribution in [0.2, 0.25) is 0 Å². The van der Waals surface area contributed by atoms with Gasteiger partial charge in [-0.25, -0.2) is 43.2 Å². The number of hydrogen-bond acceptors (Lipinski definition) is 32. The van der Waals surface area contributed by atoms with E-state index >= 15 is 0 Å². The van der Waals surface area contributed by atoms with Gasteiger partial charge in [0.1, 0.15) is 56.4 Å². The van der Waals surface area contributed by atoms with Gasteiger partial charge in [-0.2, -0.15) is 0 Å². The van der Waals surface area contributed by atoms with Crippen LogP contribution in [0.1, 0.15) is 142 Å². The van der Waals surface area contributed by atoms with Gasteiger partial charge in [-0.1, -0.05) is 164 Å². The van der Waals surface area contributed by atoms with Crippen molar-refractivity contribution in [2.24, 2.45) is 10.8 Å². The van der Waals surface area contributed by atoms with Crippen molar-refractivity contribution >= 4 is 71.6 Å². The third-order valence-corrected chi connectivity index (χ3v) is 20.8. The van der Waals surface area contributed by atoms with Crippen molar-refractivity contribution in [2.45, 2.75) is 165 Å². The Kier molecular flexibility index (Phi) is 31.4. The van der Waals surface area contributed by atoms with Crippen LogP contribution in [0.25, 0.3) is 0 Å². The largest absolute Gasteiger partial charge is 0.462 e. The maximum atomic E-state index is 14.9. The predicted octanol–water partition coefficient (Wildman–Crippen LogP) is 11.4. The summed E-state index contributed by atoms with van der Waals surface area (Å²) >= 11 is 0. The Labute approximate surface area is 746 Å². The summed E-state index contributed by atoms with van der Waals surface area (Å²) in [4.78, 5) is 174. The van der Waals surface area contributed by atoms with Crippen molar-refractivity contribution < 1.29 is 153 Å². The molecule has 0 aliphatic carbocycles. The van der Waals surface area contributed by atoms with Gasteiger partial charge in [-0.05, 0) is 151 Å². The summed E-state index contributed by atoms with van der Waals surface area (Å²) in [6.07, 6.45) is -38.3. The van der Waals surface area contributed by atoms with Crippen molar-refractivity contribution in [3.63, 3.8) is 0 Å². The van der Waals surface area contributed by atoms with Crippen LogP contribution in [0, 0.1) is 10.8 Å². The van der Waals surface area contributed by atoms with E-state index < -0.39 is 226 Å². The molecule has 0 amide bonds. The number of benzene rings is 9. The average Bonchev–Trinajstić information content (AvgIpc) is 1.65. The third-order valence-electron chi connectivity index (χ3n) is 20.8. The highest BCUT2D eigenvalue weighted by molar-refractivity contribution is 5.94. The zero-order valence-corrected chi connectivity index (χ0v) is 71.4. The molecule has 9 aromatic rings. The fraction of sp³-hybridized carbons (Fsp3) is 0.327. The molecule has 32 heteroatoms. The minimum Gasteiger partial charge on any atom is -0.462 e. The number of ether oxygens (including phenoxy) is 19. The number of aliphatic hydroxyl groups is 1. The van der Waals surface area contributed by atoms with Crippen molar-refractivity contribution in [2.75, 3.05) is 26.4 Å². The second kappa shape index (κ2) is 43.4. The second-order valence-corrected chi connectivity index (χ2v) is 32.4. The second-order valence-electron chi connectivity index (χ2n) is 32.4. The van der Waals surface area contributed by atoms with Gasteiger partial charge in [-0.15, -0.1) is 0 Å². The molecule has 0 spiro atoms. The van der Waals surface area contributed by atoms with E-state index in [9.17, 15) is 62.6 Å². The molecule has 0 radical (unpaired) electrons. The van der Waals surface area contributed by atoms with E-state index in [2.05, 4.69) is 0 Å². The van der Waals surface area contributed by atoms with Crippen LogP contribution in [0.15, 0.2) is 273 Å². The zero-order valence-electron chi connectivity index (χ0n) is 71.4. The number of carbonyl (C=O) groups excluding carboxylic acids is 12. The van der Waals surface area contributed by atoms with E-state index in [1.807, 2.05) is 0 Å². The first-order chi connectivity index (χ1) is 62.5. The van der Waals surface area contributed by atoms with E-state index in [4.69, 9.17) is 90.0 Å². The summed E-state index contributed by atoms with van der Waals surface area (Å²) in [7, 11) is 0. The molecule has 13 rings (SSSR count). The molecule has 19 atom stereocenters. The number of rotatable bonds is 34. The molecule has 1 unspecified atom stereocenters. The lowest BCUT2D eigenvalue weighted by Gasteiger charge is -2.33. The Hall–Kier alpha value is -13.7. The highest BCUT2D eigenvalue weighted by Crippen LogP contribution is 2.41. The monoisotopic (exact) mass is 1780 g/mol. The highest BCUT2D eigenvalue weighted by atomic mass is 16.8. The van der Waals surface area contributed by atoms with Crippen LogP contribution >= 0.6 is 0 Å². The molecule has 4 aliphatic rings. The van der Waals surface area contributed by atoms with Gasteiger partial charge in [0.2, 0.25) is 0 Å². The van der Waals surface area contributed by atoms with Crippen molar-refractivity contribution in [1.29, 1.82) is 0 Å². The van der Waals surface area contributed by atoms with Crippen molar-refractivity contribution in [1.82, 2.24) is 0 Å². The van der Waals surface area contributed by atoms with Crippen molar-refractivity contribution in [3.8, 4) is 0 Å². The normalized spacial score (nSPS) is 23.4. The molecule has 4 heterocycles. The number of esters is 12. The molecular formula is C98H94O32. The average molecular weight is 1780 g/mol. The SMILES string of the molecule is CC(=O)O[C@H]1[C@H]([C@@H](COC(=O)C(C)(C)C)O[C@@H]2O[C@@H]([C@@H](COC(=O)c3ccccc3)OC(=O)c3ccccc3)[C@H](OC(=O)c3ccccc3)[C@H]2OC(=O)c2ccccc2)O[C@@H](OC[C@@H](O[C@H]2O[C@H](COC(=O)c3ccccc3)[C@@H](OC(=O)c3ccccc3)[C@@H]2OC(=O)c2ccccc2)[C@@H]2OC(O)[C@H](OC(=O)c3ccccc3)[C@H]2OC(=O)c2ccccc2)[C@@H]1OC(=O)C(C)(C)C. The maximum Gasteiger partial charge on any atom is 0.338 e. The fourth-order valence-electron chi connectivity index (χ4n) is 14.1. The Bertz CT molecular complexity index is 5360. The van der Waals surface area contributed by atoms with Crippen LogP contribution in [0.5, 0.6) is 0 Å². The quantitative estimate of drug-likeness (QED) is 0.0289. The number of carbonyl (C=O) groups is 12. The number of hydrogen-bond donors (Lipinski definition) is 1. The lowest BCUT2D eigenvalue weighted by atomic mass is 9.97. The zero-order chi connectivity index (χ0) is 92.2. The Balaban J connectivity index is 0.946. The first kappa shape index (κ1) is 93.9. The molecule has 678 valence electrons. The number of aliphatic hydroxyl groups excluding tert-OH is 1. The molecule has 130 heavy (non-hydrogen) atoms. The molecule has 9 aromatic carbocycles. The molecule has 4 saturated heterocycles. The Morgan fingerprint density at radius 1 is 0.285 bits per heavy atom. The summed E-state index contributed by atoms with van der Waals surface area (Å²) in [5.74, 6) is -12.3. The first-order valence-electron chi connectivity index (χ1n) is 41.6. The summed E-state index contributed by atoms with van der Waals surface area (Å²) in [5.41, 5.74) is -3.04. The van der Waals surface area contributed by atoms with Gasteiger partial charge in [0.05, 0.1) is 67.5 Å². The van der Waals surface area contributed by atoms with Gasteiger partial charge in [0.25, 0.3) is 0 Å². The summed E-state index contributed by atoms with van der Waals surface area (Å²) in [6.45, 7) is 6.21. The first-order valence-corrected chi connectivity index (χ1v) is 41.6. The van der Waals surface area contributed by atoms with Gasteiger partial charge < -0.3 is 95.1 Å². The molecule has 0 bridgehead atoms. The smallest absolute Gasteiger partial charge is 0.338 e. The van der Waals surface area contributed by atoms with Gasteiger partial charge in [0.15, 0.2) is 80.1 Å². The van der Waals surface area contributed by atoms with Crippen LogP contribution in [0.4, 0.5) is 0 Å². The van der Waals surface area contributed by atoms with E-state index in [-0.39, 0.29) is 50.1 Å². The highest BCUT2D eigenvalue weighted by Gasteiger charge is 2.62. The van der Waals surface area contributed by atoms with E-state index in [0.29, 0.717) is 0 Å². The van der Waals surface area contributed by atoms with Gasteiger partial charge in [0, 0.05) is 6.92 Å². The van der Waals surface area contributed by atoms with E-state index in [1.54, 1.807) is 103 Å². The molecular weight excluding hydrogens is 1690 g/mol. The van der Waals surface area contributed by atoms with E-state index in [1.165, 1.54) is 211 Å². The van der Waals surface area contributed by atoms with Crippen LogP contribution in [0.3, 0.4) is 0 Å². The summed E-state index contributed by atoms with van der Waals surface area (Å²) in [5, 5.41) is 12.4. The minimum atomic E-state index is -2.27. The lowest BCUT2D eigenvalue weighted by Crippen LogP contribution is -2.51. The molecule has 4 aliphatic heterocycles. The summed E-state index contributed by atoms with van der Waals surface area (Å²) < 4.78 is 122. The van der Waals surface area contributed by atoms with Crippen LogP contribution in [-0.2, 0) is 104 Å². The molecule has 4 fully saturated rings. The standard InChI is InChI=1S/C98H94O32/c1-57(99)116-76-73(70(56-115-95(110)97(2,3)4)120-94-81(127-90(108)66-51-33-16-34-52-66)77(124-87(105)63-45-27-13-28-46-63)72(129-94)67(117-84(102)60-39-21-10-22-40-60)53-112-82(100)58-35-17-8-18-36-58)128-92(80(76)130-96(111)98(5,6)7)114-55-69(71-75(123-86(104)62-43-25-12-26-44-62)78(91(109)122-71)125-88(106)64-47-29-14-30-48-64)119-93-79(126-89(107)65-49-31-15-32-50-65)74(121-85(103)61-41-23-11-24-42-61)68(118-93)54-113-83(101)59-37-19-9-20-38-59/h8-52,67-81,91-94,109H,53-56H2,1-7H3/t67-,68-,69-,70-,71+,72+,73+,74-,75+,76+,77+,78-,79+,80-,81-,91?,92-,93-,94-/m1/s1. The topological polar surface area (TPSA) is 400 Å². The van der Waals surface area contributed by atoms with Crippen molar-refractivity contribution in [3.05, 3.63) is 323 Å². The third kappa shape index (κ3) is 24.2. The van der Waals surface area contributed by atoms with Crippen LogP contribution < -0.4 is 0 Å². The predicted molar refractivity (Wildman–Crippen MR) is 451 cm³/mol. The molecule has 0 saturated carbocycles. The molecule has 0 aromatic heterocycles. The van der Waals surface area contributed by atoms with E-state index in [0.717, 1.165) is 6.92 Å². The fourth-order valence-corrected chi connectivity index (χ4v) is 14.1. The summed E-state index contributed by atoms with van der Waals surface area (Å²) in [6, 6.07) is 67.9. The molecule has 32 nitrogen and oxygen atoms in total. The lowest BCUT2D eigenvalue weighted by molar-refractivity contribution is -0.265. The Morgan fingerprint density at radius 3 is 0.962 bits per heavy atom. The maximum absolute atomic E-state index is 14.9. The minimum absolute atomic E-state index is 0.0169. The Morgan fingerprint density at radius 2 is 0.569 bits per heavy atom. The van der Waals surface area contributed by atoms with Gasteiger partial charge >= 0.3 is 71.6 Å². The van der Waals surface area contributed by atoms with Gasteiger partial charge in [-0.3, -0.25) is 14.4 Å². The molecule has 1 N–H and O–H groups in total.